The molecule has 4 aromatic rings. The van der Waals surface area contributed by atoms with Gasteiger partial charge in [-0.2, -0.15) is 0 Å². The van der Waals surface area contributed by atoms with E-state index in [-0.39, 0.29) is 58.7 Å². The number of hydrogen-bond acceptors (Lipinski definition) is 6. The predicted molar refractivity (Wildman–Crippen MR) is 387 cm³/mol. The molecule has 0 aromatic heterocycles. The zero-order valence-corrected chi connectivity index (χ0v) is 64.4. The van der Waals surface area contributed by atoms with Crippen LogP contribution in [-0.2, 0) is 45.9 Å². The van der Waals surface area contributed by atoms with Crippen molar-refractivity contribution in [3.05, 3.63) is 82.9 Å². The van der Waals surface area contributed by atoms with Gasteiger partial charge in [-0.25, -0.2) is 16.8 Å². The molecule has 0 amide bonds. The number of hydrogen-bond donors (Lipinski definition) is 0. The van der Waals surface area contributed by atoms with Crippen molar-refractivity contribution in [1.29, 1.82) is 0 Å². The third-order valence-corrected chi connectivity index (χ3v) is 20.9. The van der Waals surface area contributed by atoms with Crippen molar-refractivity contribution in [1.82, 2.24) is 0 Å². The Balaban J connectivity index is 0.000000600. The van der Waals surface area contributed by atoms with Crippen molar-refractivity contribution >= 4 is 90.7 Å². The molecule has 0 N–H and O–H groups in total. The van der Waals surface area contributed by atoms with Gasteiger partial charge in [-0.3, -0.25) is 0 Å². The fraction of sp³-hybridized carbons (Fsp3) is 0.750. The molecule has 0 spiro atoms. The molecule has 0 aliphatic heterocycles. The second-order valence-corrected chi connectivity index (χ2v) is 29.7. The molecule has 0 atom stereocenters. The van der Waals surface area contributed by atoms with Crippen molar-refractivity contribution in [2.45, 2.75) is 397 Å². The Morgan fingerprint density at radius 2 is 0.416 bits per heavy atom. The Bertz CT molecular complexity index is 2370. The maximum absolute atomic E-state index is 12.2. The maximum Gasteiger partial charge on any atom is 2.00 e. The van der Waals surface area contributed by atoms with Gasteiger partial charge >= 0.3 is 48.9 Å². The van der Waals surface area contributed by atoms with Crippen LogP contribution >= 0.6 is 0 Å². The van der Waals surface area contributed by atoms with Gasteiger partial charge < -0.3 is 9.11 Å². The van der Waals surface area contributed by atoms with Crippen LogP contribution in [0.5, 0.6) is 0 Å². The summed E-state index contributed by atoms with van der Waals surface area (Å²) >= 11 is 0. The molecule has 89 heavy (non-hydrogen) atoms. The number of fused-ring (bicyclic) bond motifs is 2. The summed E-state index contributed by atoms with van der Waals surface area (Å²) < 4.78 is 73.4. The second kappa shape index (κ2) is 56.0. The summed E-state index contributed by atoms with van der Waals surface area (Å²) in [7, 11) is -9.05. The summed E-state index contributed by atoms with van der Waals surface area (Å²) in [6.07, 6.45) is 72.3. The van der Waals surface area contributed by atoms with Crippen LogP contribution in [0.15, 0.2) is 70.5 Å². The normalized spacial score (nSPS) is 11.8. The first-order valence-corrected chi connectivity index (χ1v) is 40.8. The summed E-state index contributed by atoms with van der Waals surface area (Å²) in [5, 5.41) is 3.31. The monoisotopic (exact) mass is 1390 g/mol. The predicted octanol–water partition coefficient (Wildman–Crippen LogP) is 25.6. The standard InChI is InChI=1S/2C40H68O3S.Ba/c2*1-3-5-7-9-11-13-15-17-19-21-23-25-27-30-36-34-35-39(44(41,42)43)40-37(32-29-33-38(36)40)31-28-26-24-22-20-18-16-14-12-10-8-6-4-2;/h2*29,32-35H,3-28,30-31H2,1-2H3,(H,41,42,43);/q;;+2/p-2. The number of unbranched alkanes of at least 4 members (excludes halogenated alkanes) is 48. The van der Waals surface area contributed by atoms with E-state index in [0.29, 0.717) is 10.8 Å². The third-order valence-electron chi connectivity index (χ3n) is 19.1. The molecule has 6 nitrogen and oxygen atoms in total. The second-order valence-electron chi connectivity index (χ2n) is 27.0. The maximum atomic E-state index is 12.2. The van der Waals surface area contributed by atoms with Crippen LogP contribution in [0.3, 0.4) is 0 Å². The van der Waals surface area contributed by atoms with E-state index < -0.39 is 20.2 Å². The van der Waals surface area contributed by atoms with Crippen LogP contribution < -0.4 is 0 Å². The van der Waals surface area contributed by atoms with Gasteiger partial charge in [0.25, 0.3) is 0 Å². The fourth-order valence-electron chi connectivity index (χ4n) is 13.6. The Morgan fingerprint density at radius 1 is 0.236 bits per heavy atom. The minimum Gasteiger partial charge on any atom is -0.744 e. The van der Waals surface area contributed by atoms with Gasteiger partial charge in [0.05, 0.1) is 9.79 Å². The van der Waals surface area contributed by atoms with E-state index in [1.807, 2.05) is 36.4 Å². The minimum absolute atomic E-state index is 0. The molecule has 0 radical (unpaired) electrons. The van der Waals surface area contributed by atoms with Crippen molar-refractivity contribution in [2.24, 2.45) is 0 Å². The van der Waals surface area contributed by atoms with E-state index in [1.165, 1.54) is 306 Å². The first-order valence-electron chi connectivity index (χ1n) is 38.0. The Morgan fingerprint density at radius 3 is 0.607 bits per heavy atom. The van der Waals surface area contributed by atoms with Crippen molar-refractivity contribution in [3.63, 3.8) is 0 Å². The Kier molecular flexibility index (Phi) is 52.8. The van der Waals surface area contributed by atoms with Gasteiger partial charge in [-0.1, -0.05) is 384 Å². The molecular weight excluding hydrogens is 1260 g/mol. The van der Waals surface area contributed by atoms with E-state index in [9.17, 15) is 25.9 Å². The van der Waals surface area contributed by atoms with Gasteiger partial charge in [-0.05, 0) is 96.5 Å². The van der Waals surface area contributed by atoms with Gasteiger partial charge in [0.1, 0.15) is 20.2 Å². The summed E-state index contributed by atoms with van der Waals surface area (Å²) in [6, 6.07) is 19.2. The van der Waals surface area contributed by atoms with Crippen LogP contribution in [0.1, 0.15) is 384 Å². The number of aryl methyl sites for hydroxylation is 4. The molecule has 0 saturated carbocycles. The summed E-state index contributed by atoms with van der Waals surface area (Å²) in [5.74, 6) is 0. The van der Waals surface area contributed by atoms with Gasteiger partial charge in [0, 0.05) is 10.8 Å². The van der Waals surface area contributed by atoms with E-state index in [2.05, 4.69) is 39.8 Å². The van der Waals surface area contributed by atoms with E-state index >= 15 is 0 Å². The van der Waals surface area contributed by atoms with Crippen molar-refractivity contribution in [3.8, 4) is 0 Å². The van der Waals surface area contributed by atoms with Crippen LogP contribution in [0.25, 0.3) is 21.5 Å². The quantitative estimate of drug-likeness (QED) is 0.0247. The van der Waals surface area contributed by atoms with Gasteiger partial charge in [0.15, 0.2) is 0 Å². The zero-order valence-electron chi connectivity index (χ0n) is 58.3. The summed E-state index contributed by atoms with van der Waals surface area (Å²) in [4.78, 5) is -0.0705. The molecular formula is C80H134BaO6S2. The molecule has 0 aliphatic carbocycles. The van der Waals surface area contributed by atoms with Crippen molar-refractivity contribution in [2.75, 3.05) is 0 Å². The smallest absolute Gasteiger partial charge is 0.744 e. The molecule has 0 bridgehead atoms. The zero-order chi connectivity index (χ0) is 63.4. The molecule has 0 aliphatic rings. The average molecular weight is 1390 g/mol. The molecule has 0 unspecified atom stereocenters. The Labute approximate surface area is 591 Å². The molecule has 4 rings (SSSR count). The van der Waals surface area contributed by atoms with Gasteiger partial charge in [0.2, 0.25) is 0 Å². The Hall–Kier alpha value is -1.21. The van der Waals surface area contributed by atoms with Gasteiger partial charge in [-0.15, -0.1) is 0 Å². The third kappa shape index (κ3) is 40.1. The van der Waals surface area contributed by atoms with Crippen LogP contribution in [0.2, 0.25) is 0 Å². The minimum atomic E-state index is -4.52. The largest absolute Gasteiger partial charge is 2.00 e. The molecule has 504 valence electrons. The summed E-state index contributed by atoms with van der Waals surface area (Å²) in [6.45, 7) is 9.09. The molecule has 0 saturated heterocycles. The topological polar surface area (TPSA) is 114 Å². The fourth-order valence-corrected chi connectivity index (χ4v) is 15.1. The van der Waals surface area contributed by atoms with Crippen LogP contribution in [0, 0.1) is 0 Å². The van der Waals surface area contributed by atoms with Crippen LogP contribution in [0.4, 0.5) is 0 Å². The van der Waals surface area contributed by atoms with E-state index in [0.717, 1.165) is 86.1 Å². The molecule has 0 heterocycles. The first-order chi connectivity index (χ1) is 43.0. The number of benzene rings is 4. The van der Waals surface area contributed by atoms with Crippen LogP contribution in [-0.4, -0.2) is 74.8 Å². The molecule has 4 aromatic carbocycles. The van der Waals surface area contributed by atoms with Crippen molar-refractivity contribution < 1.29 is 25.9 Å². The average Bonchev–Trinajstić information content (AvgIpc) is 0.916. The summed E-state index contributed by atoms with van der Waals surface area (Å²) in [5.41, 5.74) is 4.41. The molecule has 9 heteroatoms. The van der Waals surface area contributed by atoms with E-state index in [4.69, 9.17) is 0 Å². The SMILES string of the molecule is CCCCCCCCCCCCCCCc1ccc(S(=O)(=O)[O-])c2c(CCCCCCCCCCCCCCC)cccc12.CCCCCCCCCCCCCCCc1ccc(S(=O)(=O)[O-])c2c(CCCCCCCCCCCCCCC)cccc12.[Ba+2]. The first kappa shape index (κ1) is 83.9. The number of rotatable bonds is 58. The molecule has 0 fully saturated rings. The van der Waals surface area contributed by atoms with E-state index in [1.54, 1.807) is 12.1 Å².